The Balaban J connectivity index is 1.26. The van der Waals surface area contributed by atoms with Gasteiger partial charge in [-0.25, -0.2) is 0 Å². The van der Waals surface area contributed by atoms with Crippen molar-refractivity contribution in [2.24, 2.45) is 0 Å². The van der Waals surface area contributed by atoms with E-state index >= 15 is 0 Å². The molecular formula is C52H34N2. The van der Waals surface area contributed by atoms with Gasteiger partial charge < -0.3 is 9.88 Å². The zero-order valence-corrected chi connectivity index (χ0v) is 29.5. The molecule has 252 valence electrons. The van der Waals surface area contributed by atoms with Crippen LogP contribution in [-0.2, 0) is 0 Å². The number of aromatic nitrogens is 1. The molecule has 1 N–H and O–H groups in total. The summed E-state index contributed by atoms with van der Waals surface area (Å²) in [6.07, 6.45) is 10.8. The minimum absolute atomic E-state index is 1.08. The second-order valence-electron chi connectivity index (χ2n) is 14.1. The molecule has 1 heterocycles. The number of hydrogen-bond acceptors (Lipinski definition) is 1. The fraction of sp³-hybridized carbons (Fsp3) is 0. The number of benzene rings is 9. The third-order valence-electron chi connectivity index (χ3n) is 11.2. The van der Waals surface area contributed by atoms with E-state index in [1.807, 2.05) is 0 Å². The average Bonchev–Trinajstić information content (AvgIpc) is 3.42. The van der Waals surface area contributed by atoms with Gasteiger partial charge in [0.1, 0.15) is 0 Å². The summed E-state index contributed by atoms with van der Waals surface area (Å²) in [5.41, 5.74) is 13.1. The van der Waals surface area contributed by atoms with Crippen LogP contribution in [0.15, 0.2) is 194 Å². The molecule has 1 aromatic heterocycles. The lowest BCUT2D eigenvalue weighted by atomic mass is 9.85. The SMILES string of the molecule is C1=C/C(=C/Nc2cc(-c3ccccc3)c3ccc4c(-n5c6ccccc6c6ccccc65)cc(-c5ccccc5)c5ccc2c3c54)c2ccccc2C=C1. The molecular weight excluding hydrogens is 653 g/mol. The first-order valence-corrected chi connectivity index (χ1v) is 18.6. The van der Waals surface area contributed by atoms with Gasteiger partial charge in [-0.05, 0) is 74.0 Å². The molecule has 10 aromatic rings. The second-order valence-corrected chi connectivity index (χ2v) is 14.1. The minimum Gasteiger partial charge on any atom is -0.361 e. The van der Waals surface area contributed by atoms with Crippen LogP contribution in [0, 0.1) is 0 Å². The Morgan fingerprint density at radius 1 is 0.407 bits per heavy atom. The van der Waals surface area contributed by atoms with Gasteiger partial charge in [0.15, 0.2) is 0 Å². The number of nitrogens with one attached hydrogen (secondary N) is 1. The molecule has 0 atom stereocenters. The number of hydrogen-bond donors (Lipinski definition) is 1. The van der Waals surface area contributed by atoms with E-state index < -0.39 is 0 Å². The molecule has 0 unspecified atom stereocenters. The highest BCUT2D eigenvalue weighted by atomic mass is 15.0. The number of nitrogens with zero attached hydrogens (tertiary/aromatic N) is 1. The lowest BCUT2D eigenvalue weighted by Gasteiger charge is -2.22. The van der Waals surface area contributed by atoms with Crippen molar-refractivity contribution in [3.63, 3.8) is 0 Å². The van der Waals surface area contributed by atoms with Gasteiger partial charge in [0.2, 0.25) is 0 Å². The van der Waals surface area contributed by atoms with Gasteiger partial charge in [0.05, 0.1) is 16.7 Å². The zero-order chi connectivity index (χ0) is 35.6. The first-order chi connectivity index (χ1) is 26.8. The van der Waals surface area contributed by atoms with Gasteiger partial charge in [-0.2, -0.15) is 0 Å². The number of allylic oxidation sites excluding steroid dienone is 4. The van der Waals surface area contributed by atoms with Gasteiger partial charge in [0.25, 0.3) is 0 Å². The Kier molecular flexibility index (Phi) is 6.90. The van der Waals surface area contributed by atoms with Gasteiger partial charge in [-0.15, -0.1) is 0 Å². The highest BCUT2D eigenvalue weighted by molar-refractivity contribution is 6.31. The summed E-state index contributed by atoms with van der Waals surface area (Å²) in [6, 6.07) is 62.0. The average molecular weight is 687 g/mol. The Bertz CT molecular complexity index is 3110. The number of para-hydroxylation sites is 2. The van der Waals surface area contributed by atoms with Crippen LogP contribution in [0.1, 0.15) is 11.1 Å². The monoisotopic (exact) mass is 686 g/mol. The van der Waals surface area contributed by atoms with E-state index in [0.717, 1.165) is 11.3 Å². The van der Waals surface area contributed by atoms with E-state index in [2.05, 4.69) is 210 Å². The van der Waals surface area contributed by atoms with Crippen LogP contribution in [0.2, 0.25) is 0 Å². The number of fused-ring (bicyclic) bond motifs is 4. The molecule has 1 aliphatic carbocycles. The van der Waals surface area contributed by atoms with Crippen LogP contribution in [0.4, 0.5) is 5.69 Å². The molecule has 9 aromatic carbocycles. The largest absolute Gasteiger partial charge is 0.361 e. The van der Waals surface area contributed by atoms with Crippen molar-refractivity contribution < 1.29 is 0 Å². The summed E-state index contributed by atoms with van der Waals surface area (Å²) in [5.74, 6) is 0. The maximum absolute atomic E-state index is 3.84. The molecule has 54 heavy (non-hydrogen) atoms. The maximum Gasteiger partial charge on any atom is 0.0547 e. The normalized spacial score (nSPS) is 13.4. The molecule has 1 aliphatic rings. The van der Waals surface area contributed by atoms with E-state index in [1.54, 1.807) is 0 Å². The fourth-order valence-electron chi connectivity index (χ4n) is 8.77. The minimum atomic E-state index is 1.08. The summed E-state index contributed by atoms with van der Waals surface area (Å²) < 4.78 is 2.48. The maximum atomic E-state index is 3.84. The van der Waals surface area contributed by atoms with E-state index in [-0.39, 0.29) is 0 Å². The van der Waals surface area contributed by atoms with E-state index in [9.17, 15) is 0 Å². The standard InChI is InChI=1S/C52H34N2/c1-3-15-35(16-4-1)45-31-47(53-33-37-21-8-7-19-34-20-9-10-22-38(34)37)43-29-27-42-46(36-17-5-2-6-18-36)32-50(44-30-28-41(45)51(43)52(42)44)54-48-25-13-11-23-39(48)40-24-12-14-26-49(40)54/h1-33,53H/b37-33-. The van der Waals surface area contributed by atoms with Crippen molar-refractivity contribution in [3.8, 4) is 27.9 Å². The Morgan fingerprint density at radius 3 is 1.65 bits per heavy atom. The quantitative estimate of drug-likeness (QED) is 0.178. The predicted octanol–water partition coefficient (Wildman–Crippen LogP) is 14.1. The van der Waals surface area contributed by atoms with E-state index in [0.29, 0.717) is 0 Å². The van der Waals surface area contributed by atoms with Crippen molar-refractivity contribution in [1.29, 1.82) is 0 Å². The molecule has 0 bridgehead atoms. The second kappa shape index (κ2) is 12.2. The van der Waals surface area contributed by atoms with Crippen LogP contribution < -0.4 is 5.32 Å². The fourth-order valence-corrected chi connectivity index (χ4v) is 8.77. The van der Waals surface area contributed by atoms with Crippen LogP contribution >= 0.6 is 0 Å². The lowest BCUT2D eigenvalue weighted by molar-refractivity contribution is 1.20. The van der Waals surface area contributed by atoms with Crippen LogP contribution in [0.25, 0.3) is 93.7 Å². The Morgan fingerprint density at radius 2 is 0.944 bits per heavy atom. The van der Waals surface area contributed by atoms with E-state index in [1.165, 1.54) is 93.2 Å². The topological polar surface area (TPSA) is 17.0 Å². The molecule has 0 saturated heterocycles. The van der Waals surface area contributed by atoms with Gasteiger partial charge in [-0.1, -0.05) is 170 Å². The van der Waals surface area contributed by atoms with Crippen molar-refractivity contribution in [2.75, 3.05) is 5.32 Å². The molecule has 0 amide bonds. The third-order valence-corrected chi connectivity index (χ3v) is 11.2. The van der Waals surface area contributed by atoms with Crippen LogP contribution in [0.5, 0.6) is 0 Å². The van der Waals surface area contributed by atoms with Gasteiger partial charge >= 0.3 is 0 Å². The van der Waals surface area contributed by atoms with Crippen molar-refractivity contribution >= 4 is 71.5 Å². The number of rotatable bonds is 5. The summed E-state index contributed by atoms with van der Waals surface area (Å²) >= 11 is 0. The molecule has 2 nitrogen and oxygen atoms in total. The number of anilines is 1. The third kappa shape index (κ3) is 4.67. The van der Waals surface area contributed by atoms with E-state index in [4.69, 9.17) is 0 Å². The molecule has 0 aliphatic heterocycles. The highest BCUT2D eigenvalue weighted by Crippen LogP contribution is 2.48. The smallest absolute Gasteiger partial charge is 0.0547 e. The summed E-state index contributed by atoms with van der Waals surface area (Å²) in [6.45, 7) is 0. The summed E-state index contributed by atoms with van der Waals surface area (Å²) in [5, 5.41) is 13.8. The molecule has 0 spiro atoms. The lowest BCUT2D eigenvalue weighted by Crippen LogP contribution is -2.00. The zero-order valence-electron chi connectivity index (χ0n) is 29.5. The molecule has 11 rings (SSSR count). The Labute approximate surface area is 313 Å². The first kappa shape index (κ1) is 30.5. The van der Waals surface area contributed by atoms with Crippen molar-refractivity contribution in [3.05, 3.63) is 205 Å². The molecule has 0 radical (unpaired) electrons. The summed E-state index contributed by atoms with van der Waals surface area (Å²) in [7, 11) is 0. The Hall–Kier alpha value is -7.16. The van der Waals surface area contributed by atoms with Crippen molar-refractivity contribution in [1.82, 2.24) is 4.57 Å². The van der Waals surface area contributed by atoms with Crippen molar-refractivity contribution in [2.45, 2.75) is 0 Å². The van der Waals surface area contributed by atoms with Gasteiger partial charge in [-0.3, -0.25) is 0 Å². The highest BCUT2D eigenvalue weighted by Gasteiger charge is 2.22. The first-order valence-electron chi connectivity index (χ1n) is 18.6. The van der Waals surface area contributed by atoms with Gasteiger partial charge in [0, 0.05) is 44.2 Å². The molecule has 2 heteroatoms. The predicted molar refractivity (Wildman–Crippen MR) is 232 cm³/mol. The molecule has 0 saturated carbocycles. The van der Waals surface area contributed by atoms with Crippen LogP contribution in [-0.4, -0.2) is 4.57 Å². The molecule has 0 fully saturated rings. The summed E-state index contributed by atoms with van der Waals surface area (Å²) in [4.78, 5) is 0. The van der Waals surface area contributed by atoms with Crippen LogP contribution in [0.3, 0.4) is 0 Å².